The predicted octanol–water partition coefficient (Wildman–Crippen LogP) is 3.08. The molecular weight excluding hydrogens is 411 g/mol. The first-order valence-corrected chi connectivity index (χ1v) is 10.3. The van der Waals surface area contributed by atoms with Crippen LogP contribution < -0.4 is 14.8 Å². The lowest BCUT2D eigenvalue weighted by Gasteiger charge is -2.11. The molecule has 0 aliphatic carbocycles. The molecule has 2 N–H and O–H groups in total. The maximum Gasteiger partial charge on any atom is 0.257 e. The van der Waals surface area contributed by atoms with E-state index in [1.165, 1.54) is 6.07 Å². The van der Waals surface area contributed by atoms with Crippen molar-refractivity contribution in [1.29, 1.82) is 0 Å². The highest BCUT2D eigenvalue weighted by Gasteiger charge is 2.16. The van der Waals surface area contributed by atoms with Crippen LogP contribution in [0.15, 0.2) is 41.3 Å². The number of sulfonamides is 1. The van der Waals surface area contributed by atoms with Gasteiger partial charge in [-0.1, -0.05) is 35.3 Å². The molecule has 0 fully saturated rings. The summed E-state index contributed by atoms with van der Waals surface area (Å²) in [6.07, 6.45) is 0. The van der Waals surface area contributed by atoms with Crippen LogP contribution in [0.2, 0.25) is 10.0 Å². The first-order valence-electron chi connectivity index (χ1n) is 8.10. The van der Waals surface area contributed by atoms with E-state index in [1.807, 2.05) is 13.0 Å². The molecule has 0 saturated carbocycles. The van der Waals surface area contributed by atoms with Gasteiger partial charge in [0.25, 0.3) is 5.91 Å². The Morgan fingerprint density at radius 1 is 1.07 bits per heavy atom. The van der Waals surface area contributed by atoms with E-state index in [4.69, 9.17) is 27.9 Å². The smallest absolute Gasteiger partial charge is 0.257 e. The number of rotatable bonds is 8. The van der Waals surface area contributed by atoms with E-state index in [0.29, 0.717) is 21.4 Å². The second kappa shape index (κ2) is 9.41. The molecule has 2 aromatic carbocycles. The average molecular weight is 431 g/mol. The maximum atomic E-state index is 12.4. The van der Waals surface area contributed by atoms with Crippen molar-refractivity contribution in [3.05, 3.63) is 57.6 Å². The molecule has 0 aromatic heterocycles. The minimum atomic E-state index is -3.64. The molecule has 0 atom stereocenters. The van der Waals surface area contributed by atoms with E-state index in [-0.39, 0.29) is 24.6 Å². The van der Waals surface area contributed by atoms with Crippen molar-refractivity contribution in [3.8, 4) is 5.75 Å². The first kappa shape index (κ1) is 21.5. The van der Waals surface area contributed by atoms with Crippen LogP contribution in [0, 0.1) is 13.8 Å². The third-order valence-electron chi connectivity index (χ3n) is 3.63. The third kappa shape index (κ3) is 6.39. The molecule has 0 unspecified atom stereocenters. The van der Waals surface area contributed by atoms with Gasteiger partial charge >= 0.3 is 0 Å². The molecule has 27 heavy (non-hydrogen) atoms. The third-order valence-corrected chi connectivity index (χ3v) is 5.76. The fraction of sp³-hybridized carbons (Fsp3) is 0.278. The lowest BCUT2D eigenvalue weighted by atomic mass is 10.2. The summed E-state index contributed by atoms with van der Waals surface area (Å²) in [6, 6.07) is 9.89. The Morgan fingerprint density at radius 2 is 1.81 bits per heavy atom. The van der Waals surface area contributed by atoms with Gasteiger partial charge in [-0.25, -0.2) is 13.1 Å². The number of carbonyl (C=O) groups excluding carboxylic acids is 1. The molecule has 146 valence electrons. The van der Waals surface area contributed by atoms with E-state index < -0.39 is 15.9 Å². The van der Waals surface area contributed by atoms with Gasteiger partial charge in [-0.05, 0) is 49.2 Å². The minimum absolute atomic E-state index is 0.0587. The molecule has 2 aromatic rings. The van der Waals surface area contributed by atoms with E-state index in [2.05, 4.69) is 10.0 Å². The van der Waals surface area contributed by atoms with Gasteiger partial charge < -0.3 is 10.1 Å². The standard InChI is InChI=1S/C18H20Cl2N2O4S/c1-12-3-4-13(2)17(9-12)27(24,25)22-8-7-21-18(23)11-26-16-6-5-14(19)10-15(16)20/h3-6,9-10,22H,7-8,11H2,1-2H3,(H,21,23). The van der Waals surface area contributed by atoms with E-state index in [9.17, 15) is 13.2 Å². The molecule has 0 heterocycles. The largest absolute Gasteiger partial charge is 0.482 e. The molecule has 1 amide bonds. The Labute approximate surface area is 168 Å². The molecule has 2 rings (SSSR count). The van der Waals surface area contributed by atoms with Crippen LogP contribution in [0.1, 0.15) is 11.1 Å². The monoisotopic (exact) mass is 430 g/mol. The molecule has 6 nitrogen and oxygen atoms in total. The zero-order chi connectivity index (χ0) is 20.0. The zero-order valence-electron chi connectivity index (χ0n) is 14.9. The zero-order valence-corrected chi connectivity index (χ0v) is 17.2. The highest BCUT2D eigenvalue weighted by molar-refractivity contribution is 7.89. The fourth-order valence-electron chi connectivity index (χ4n) is 2.25. The van der Waals surface area contributed by atoms with Crippen LogP contribution in [-0.2, 0) is 14.8 Å². The second-order valence-corrected chi connectivity index (χ2v) is 8.46. The van der Waals surface area contributed by atoms with Gasteiger partial charge in [0.05, 0.1) is 9.92 Å². The highest BCUT2D eigenvalue weighted by Crippen LogP contribution is 2.27. The Bertz CT molecular complexity index is 933. The number of benzene rings is 2. The minimum Gasteiger partial charge on any atom is -0.482 e. The Morgan fingerprint density at radius 3 is 2.52 bits per heavy atom. The molecule has 0 spiro atoms. The molecule has 0 radical (unpaired) electrons. The number of aryl methyl sites for hydroxylation is 2. The predicted molar refractivity (Wildman–Crippen MR) is 106 cm³/mol. The molecule has 0 bridgehead atoms. The molecule has 0 aliphatic rings. The summed E-state index contributed by atoms with van der Waals surface area (Å²) in [7, 11) is -3.64. The van der Waals surface area contributed by atoms with Gasteiger partial charge in [0, 0.05) is 18.1 Å². The quantitative estimate of drug-likeness (QED) is 0.630. The van der Waals surface area contributed by atoms with E-state index in [1.54, 1.807) is 31.2 Å². The van der Waals surface area contributed by atoms with Gasteiger partial charge in [0.1, 0.15) is 5.75 Å². The summed E-state index contributed by atoms with van der Waals surface area (Å²) in [5.74, 6) is -0.0567. The number of nitrogens with one attached hydrogen (secondary N) is 2. The molecule has 0 aliphatic heterocycles. The number of amides is 1. The summed E-state index contributed by atoms with van der Waals surface area (Å²) in [4.78, 5) is 12.0. The summed E-state index contributed by atoms with van der Waals surface area (Å²) < 4.78 is 32.5. The Balaban J connectivity index is 1.78. The Kier molecular flexibility index (Phi) is 7.49. The SMILES string of the molecule is Cc1ccc(C)c(S(=O)(=O)NCCNC(=O)COc2ccc(Cl)cc2Cl)c1. The topological polar surface area (TPSA) is 84.5 Å². The normalized spacial score (nSPS) is 11.3. The summed E-state index contributed by atoms with van der Waals surface area (Å²) in [6.45, 7) is 3.50. The fourth-order valence-corrected chi connectivity index (χ4v) is 4.07. The van der Waals surface area contributed by atoms with Crippen LogP contribution in [-0.4, -0.2) is 34.0 Å². The molecule has 0 saturated heterocycles. The van der Waals surface area contributed by atoms with Gasteiger partial charge in [-0.15, -0.1) is 0 Å². The van der Waals surface area contributed by atoms with Crippen molar-refractivity contribution >= 4 is 39.1 Å². The van der Waals surface area contributed by atoms with Crippen molar-refractivity contribution in [1.82, 2.24) is 10.0 Å². The summed E-state index contributed by atoms with van der Waals surface area (Å²) in [5.41, 5.74) is 1.51. The van der Waals surface area contributed by atoms with E-state index >= 15 is 0 Å². The highest BCUT2D eigenvalue weighted by atomic mass is 35.5. The second-order valence-electron chi connectivity index (χ2n) is 5.88. The maximum absolute atomic E-state index is 12.4. The van der Waals surface area contributed by atoms with Crippen molar-refractivity contribution in [2.24, 2.45) is 0 Å². The van der Waals surface area contributed by atoms with Crippen LogP contribution in [0.25, 0.3) is 0 Å². The van der Waals surface area contributed by atoms with Gasteiger partial charge in [-0.2, -0.15) is 0 Å². The number of hydrogen-bond acceptors (Lipinski definition) is 4. The summed E-state index contributed by atoms with van der Waals surface area (Å²) in [5, 5.41) is 3.34. The van der Waals surface area contributed by atoms with Crippen molar-refractivity contribution in [3.63, 3.8) is 0 Å². The lowest BCUT2D eigenvalue weighted by molar-refractivity contribution is -0.123. The van der Waals surface area contributed by atoms with Crippen LogP contribution >= 0.6 is 23.2 Å². The van der Waals surface area contributed by atoms with Crippen molar-refractivity contribution < 1.29 is 17.9 Å². The van der Waals surface area contributed by atoms with Crippen LogP contribution in [0.5, 0.6) is 5.75 Å². The molecular formula is C18H20Cl2N2O4S. The van der Waals surface area contributed by atoms with Crippen LogP contribution in [0.3, 0.4) is 0 Å². The van der Waals surface area contributed by atoms with Crippen molar-refractivity contribution in [2.45, 2.75) is 18.7 Å². The Hall–Kier alpha value is -1.80. The van der Waals surface area contributed by atoms with E-state index in [0.717, 1.165) is 5.56 Å². The van der Waals surface area contributed by atoms with Crippen molar-refractivity contribution in [2.75, 3.05) is 19.7 Å². The van der Waals surface area contributed by atoms with Crippen LogP contribution in [0.4, 0.5) is 0 Å². The molecule has 9 heteroatoms. The lowest BCUT2D eigenvalue weighted by Crippen LogP contribution is -2.37. The number of ether oxygens (including phenoxy) is 1. The number of halogens is 2. The van der Waals surface area contributed by atoms with Gasteiger partial charge in [0.2, 0.25) is 10.0 Å². The van der Waals surface area contributed by atoms with Gasteiger partial charge in [-0.3, -0.25) is 4.79 Å². The first-order chi connectivity index (χ1) is 12.7. The number of hydrogen-bond donors (Lipinski definition) is 2. The van der Waals surface area contributed by atoms with Gasteiger partial charge in [0.15, 0.2) is 6.61 Å². The number of carbonyl (C=O) groups is 1. The summed E-state index contributed by atoms with van der Waals surface area (Å²) >= 11 is 11.7. The average Bonchev–Trinajstić information content (AvgIpc) is 2.60.